The SMILES string of the molecule is O=C1C=C(C(c2ccccc2)N2C(=O)C=CC2=O)C(=O)N1. The van der Waals surface area contributed by atoms with Crippen molar-refractivity contribution in [1.29, 1.82) is 0 Å². The number of amides is 4. The van der Waals surface area contributed by atoms with Crippen LogP contribution in [0.1, 0.15) is 11.6 Å². The van der Waals surface area contributed by atoms with Crippen LogP contribution in [0.15, 0.2) is 54.1 Å². The van der Waals surface area contributed by atoms with Crippen molar-refractivity contribution >= 4 is 23.6 Å². The lowest BCUT2D eigenvalue weighted by Crippen LogP contribution is -2.37. The third-order valence-corrected chi connectivity index (χ3v) is 3.30. The van der Waals surface area contributed by atoms with Crippen LogP contribution in [-0.4, -0.2) is 28.5 Å². The standard InChI is InChI=1S/C15H10N2O4/c18-11-8-10(15(21)16-11)14(9-4-2-1-3-5-9)17-12(19)6-7-13(17)20/h1-8,14H,(H,16,18,21). The molecular formula is C15H10N2O4. The van der Waals surface area contributed by atoms with Crippen molar-refractivity contribution in [3.8, 4) is 0 Å². The second-order valence-electron chi connectivity index (χ2n) is 4.61. The first-order chi connectivity index (χ1) is 10.1. The summed E-state index contributed by atoms with van der Waals surface area (Å²) in [4.78, 5) is 48.1. The van der Waals surface area contributed by atoms with Crippen LogP contribution in [0.25, 0.3) is 0 Å². The first kappa shape index (κ1) is 13.0. The van der Waals surface area contributed by atoms with Gasteiger partial charge in [-0.2, -0.15) is 0 Å². The molecular weight excluding hydrogens is 272 g/mol. The maximum absolute atomic E-state index is 11.9. The average Bonchev–Trinajstić information content (AvgIpc) is 2.97. The van der Waals surface area contributed by atoms with E-state index in [1.807, 2.05) is 0 Å². The molecule has 0 saturated heterocycles. The van der Waals surface area contributed by atoms with E-state index in [1.54, 1.807) is 30.3 Å². The van der Waals surface area contributed by atoms with E-state index in [0.717, 1.165) is 23.1 Å². The summed E-state index contributed by atoms with van der Waals surface area (Å²) < 4.78 is 0. The van der Waals surface area contributed by atoms with Gasteiger partial charge in [0.2, 0.25) is 0 Å². The summed E-state index contributed by atoms with van der Waals surface area (Å²) in [6.45, 7) is 0. The van der Waals surface area contributed by atoms with Gasteiger partial charge in [-0.3, -0.25) is 29.4 Å². The number of rotatable bonds is 3. The van der Waals surface area contributed by atoms with Crippen LogP contribution >= 0.6 is 0 Å². The monoisotopic (exact) mass is 282 g/mol. The smallest absolute Gasteiger partial charge is 0.256 e. The summed E-state index contributed by atoms with van der Waals surface area (Å²) in [6, 6.07) is 7.72. The van der Waals surface area contributed by atoms with Gasteiger partial charge in [0, 0.05) is 18.2 Å². The number of carbonyl (C=O) groups is 4. The molecule has 0 bridgehead atoms. The Morgan fingerprint density at radius 3 is 2.05 bits per heavy atom. The molecule has 1 aromatic rings. The number of hydrogen-bond acceptors (Lipinski definition) is 4. The van der Waals surface area contributed by atoms with Gasteiger partial charge in [-0.05, 0) is 5.56 Å². The van der Waals surface area contributed by atoms with Crippen molar-refractivity contribution in [3.63, 3.8) is 0 Å². The number of hydrogen-bond donors (Lipinski definition) is 1. The highest BCUT2D eigenvalue weighted by Gasteiger charge is 2.39. The third-order valence-electron chi connectivity index (χ3n) is 3.30. The topological polar surface area (TPSA) is 83.6 Å². The fourth-order valence-corrected chi connectivity index (χ4v) is 2.40. The first-order valence-corrected chi connectivity index (χ1v) is 6.25. The van der Waals surface area contributed by atoms with E-state index in [-0.39, 0.29) is 5.57 Å². The largest absolute Gasteiger partial charge is 0.289 e. The predicted octanol–water partition coefficient (Wildman–Crippen LogP) is 0.235. The van der Waals surface area contributed by atoms with E-state index < -0.39 is 29.7 Å². The molecule has 6 heteroatoms. The van der Waals surface area contributed by atoms with Gasteiger partial charge in [-0.15, -0.1) is 0 Å². The number of benzene rings is 1. The van der Waals surface area contributed by atoms with E-state index in [9.17, 15) is 19.2 Å². The normalized spacial score (nSPS) is 19.0. The molecule has 0 radical (unpaired) electrons. The Morgan fingerprint density at radius 1 is 0.905 bits per heavy atom. The number of nitrogens with one attached hydrogen (secondary N) is 1. The summed E-state index contributed by atoms with van der Waals surface area (Å²) in [5.74, 6) is -2.17. The van der Waals surface area contributed by atoms with Gasteiger partial charge in [0.15, 0.2) is 0 Å². The highest BCUT2D eigenvalue weighted by Crippen LogP contribution is 2.32. The maximum atomic E-state index is 11.9. The Bertz CT molecular complexity index is 700. The van der Waals surface area contributed by atoms with Crippen LogP contribution in [0.3, 0.4) is 0 Å². The molecule has 0 fully saturated rings. The molecule has 1 aromatic carbocycles. The van der Waals surface area contributed by atoms with Crippen LogP contribution in [0.2, 0.25) is 0 Å². The zero-order valence-electron chi connectivity index (χ0n) is 10.8. The Kier molecular flexibility index (Phi) is 2.98. The van der Waals surface area contributed by atoms with Crippen LogP contribution in [-0.2, 0) is 19.2 Å². The fraction of sp³-hybridized carbons (Fsp3) is 0.0667. The Balaban J connectivity index is 2.11. The predicted molar refractivity (Wildman–Crippen MR) is 71.4 cm³/mol. The van der Waals surface area contributed by atoms with Crippen molar-refractivity contribution in [2.75, 3.05) is 0 Å². The molecule has 0 aromatic heterocycles. The van der Waals surface area contributed by atoms with Gasteiger partial charge in [0.25, 0.3) is 23.6 Å². The molecule has 3 rings (SSSR count). The number of carbonyl (C=O) groups excluding carboxylic acids is 4. The minimum absolute atomic E-state index is 0.0802. The van der Waals surface area contributed by atoms with Gasteiger partial charge in [-0.1, -0.05) is 30.3 Å². The molecule has 0 spiro atoms. The Labute approximate surface area is 119 Å². The molecule has 1 unspecified atom stereocenters. The van der Waals surface area contributed by atoms with Crippen LogP contribution in [0, 0.1) is 0 Å². The Morgan fingerprint density at radius 2 is 1.52 bits per heavy atom. The Hall–Kier alpha value is -3.02. The molecule has 1 atom stereocenters. The van der Waals surface area contributed by atoms with Gasteiger partial charge in [-0.25, -0.2) is 0 Å². The van der Waals surface area contributed by atoms with Crippen molar-refractivity contribution < 1.29 is 19.2 Å². The third kappa shape index (κ3) is 2.16. The maximum Gasteiger partial charge on any atom is 0.256 e. The summed E-state index contributed by atoms with van der Waals surface area (Å²) in [5, 5.41) is 2.13. The van der Waals surface area contributed by atoms with E-state index in [4.69, 9.17) is 0 Å². The lowest BCUT2D eigenvalue weighted by molar-refractivity contribution is -0.139. The lowest BCUT2D eigenvalue weighted by Gasteiger charge is -2.26. The molecule has 4 amide bonds. The van der Waals surface area contributed by atoms with E-state index in [0.29, 0.717) is 5.56 Å². The minimum atomic E-state index is -0.910. The van der Waals surface area contributed by atoms with Crippen LogP contribution < -0.4 is 5.32 Å². The highest BCUT2D eigenvalue weighted by molar-refractivity contribution is 6.19. The van der Waals surface area contributed by atoms with Gasteiger partial charge < -0.3 is 0 Å². The van der Waals surface area contributed by atoms with Gasteiger partial charge in [0.05, 0.1) is 11.6 Å². The zero-order valence-corrected chi connectivity index (χ0v) is 10.8. The van der Waals surface area contributed by atoms with E-state index in [2.05, 4.69) is 5.32 Å². The highest BCUT2D eigenvalue weighted by atomic mass is 16.2. The second kappa shape index (κ2) is 4.82. The summed E-state index contributed by atoms with van der Waals surface area (Å²) >= 11 is 0. The van der Waals surface area contributed by atoms with Crippen molar-refractivity contribution in [1.82, 2.24) is 10.2 Å². The molecule has 1 N–H and O–H groups in total. The molecule has 104 valence electrons. The zero-order chi connectivity index (χ0) is 15.0. The molecule has 21 heavy (non-hydrogen) atoms. The minimum Gasteiger partial charge on any atom is -0.289 e. The van der Waals surface area contributed by atoms with E-state index in [1.165, 1.54) is 0 Å². The summed E-state index contributed by atoms with van der Waals surface area (Å²) in [5.41, 5.74) is 0.663. The summed E-state index contributed by atoms with van der Waals surface area (Å²) in [6.07, 6.45) is 3.42. The molecule has 0 saturated carbocycles. The van der Waals surface area contributed by atoms with Crippen molar-refractivity contribution in [2.24, 2.45) is 0 Å². The van der Waals surface area contributed by atoms with Gasteiger partial charge >= 0.3 is 0 Å². The number of nitrogens with zero attached hydrogens (tertiary/aromatic N) is 1. The number of imide groups is 2. The quantitative estimate of drug-likeness (QED) is 0.805. The first-order valence-electron chi connectivity index (χ1n) is 6.25. The fourth-order valence-electron chi connectivity index (χ4n) is 2.40. The molecule has 6 nitrogen and oxygen atoms in total. The second-order valence-corrected chi connectivity index (χ2v) is 4.61. The van der Waals surface area contributed by atoms with Crippen molar-refractivity contribution in [3.05, 3.63) is 59.7 Å². The average molecular weight is 282 g/mol. The molecule has 2 heterocycles. The molecule has 2 aliphatic rings. The van der Waals surface area contributed by atoms with Crippen molar-refractivity contribution in [2.45, 2.75) is 6.04 Å². The van der Waals surface area contributed by atoms with Crippen LogP contribution in [0.4, 0.5) is 0 Å². The molecule has 2 aliphatic heterocycles. The lowest BCUT2D eigenvalue weighted by atomic mass is 9.97. The molecule has 0 aliphatic carbocycles. The summed E-state index contributed by atoms with van der Waals surface area (Å²) in [7, 11) is 0. The van der Waals surface area contributed by atoms with E-state index >= 15 is 0 Å². The van der Waals surface area contributed by atoms with Gasteiger partial charge in [0.1, 0.15) is 0 Å². The van der Waals surface area contributed by atoms with Crippen LogP contribution in [0.5, 0.6) is 0 Å².